The van der Waals surface area contributed by atoms with Crippen molar-refractivity contribution in [3.05, 3.63) is 29.6 Å². The lowest BCUT2D eigenvalue weighted by molar-refractivity contribution is 0.0703. The molecule has 0 bridgehead atoms. The average molecular weight is 239 g/mol. The van der Waals surface area contributed by atoms with Crippen LogP contribution in [-0.4, -0.2) is 42.2 Å². The molecule has 92 valence electrons. The zero-order valence-corrected chi connectivity index (χ0v) is 9.52. The highest BCUT2D eigenvalue weighted by Gasteiger charge is 2.28. The SMILES string of the molecule is CN(C(=O)c1c(O)cccc1F)C1CCOC1. The zero-order chi connectivity index (χ0) is 12.4. The van der Waals surface area contributed by atoms with Crippen LogP contribution < -0.4 is 0 Å². The van der Waals surface area contributed by atoms with Crippen molar-refractivity contribution in [1.82, 2.24) is 4.90 Å². The third kappa shape index (κ3) is 2.24. The van der Waals surface area contributed by atoms with Crippen LogP contribution in [0.2, 0.25) is 0 Å². The lowest BCUT2D eigenvalue weighted by Crippen LogP contribution is -2.37. The Morgan fingerprint density at radius 2 is 2.35 bits per heavy atom. The third-order valence-electron chi connectivity index (χ3n) is 2.98. The fourth-order valence-corrected chi connectivity index (χ4v) is 1.89. The fourth-order valence-electron chi connectivity index (χ4n) is 1.89. The highest BCUT2D eigenvalue weighted by Crippen LogP contribution is 2.23. The van der Waals surface area contributed by atoms with Gasteiger partial charge >= 0.3 is 0 Å². The van der Waals surface area contributed by atoms with Crippen molar-refractivity contribution in [2.45, 2.75) is 12.5 Å². The normalized spacial score (nSPS) is 19.3. The number of carbonyl (C=O) groups is 1. The lowest BCUT2D eigenvalue weighted by Gasteiger charge is -2.23. The molecule has 0 saturated carbocycles. The van der Waals surface area contributed by atoms with E-state index in [1.807, 2.05) is 0 Å². The Balaban J connectivity index is 2.24. The van der Waals surface area contributed by atoms with Crippen molar-refractivity contribution >= 4 is 5.91 Å². The number of phenolic OH excluding ortho intramolecular Hbond substituents is 1. The molecule has 0 aromatic heterocycles. The minimum absolute atomic E-state index is 0.0542. The number of hydrogen-bond acceptors (Lipinski definition) is 3. The molecule has 0 aliphatic carbocycles. The van der Waals surface area contributed by atoms with Gasteiger partial charge in [-0.25, -0.2) is 4.39 Å². The predicted molar refractivity (Wildman–Crippen MR) is 59.4 cm³/mol. The van der Waals surface area contributed by atoms with Gasteiger partial charge in [0.1, 0.15) is 17.1 Å². The molecular weight excluding hydrogens is 225 g/mol. The summed E-state index contributed by atoms with van der Waals surface area (Å²) in [6.07, 6.45) is 0.734. The van der Waals surface area contributed by atoms with E-state index in [2.05, 4.69) is 0 Å². The first-order valence-electron chi connectivity index (χ1n) is 5.43. The summed E-state index contributed by atoms with van der Waals surface area (Å²) in [5.41, 5.74) is -0.276. The van der Waals surface area contributed by atoms with Gasteiger partial charge in [0.2, 0.25) is 0 Å². The summed E-state index contributed by atoms with van der Waals surface area (Å²) in [4.78, 5) is 13.5. The smallest absolute Gasteiger partial charge is 0.260 e. The molecule has 1 aliphatic heterocycles. The Morgan fingerprint density at radius 3 is 2.94 bits per heavy atom. The molecule has 17 heavy (non-hydrogen) atoms. The molecule has 1 aromatic carbocycles. The molecule has 1 saturated heterocycles. The number of aromatic hydroxyl groups is 1. The molecule has 1 aliphatic rings. The van der Waals surface area contributed by atoms with Gasteiger partial charge in [-0.2, -0.15) is 0 Å². The molecule has 1 unspecified atom stereocenters. The number of ether oxygens (including phenoxy) is 1. The lowest BCUT2D eigenvalue weighted by atomic mass is 10.1. The van der Waals surface area contributed by atoms with Gasteiger partial charge in [0, 0.05) is 13.7 Å². The van der Waals surface area contributed by atoms with E-state index >= 15 is 0 Å². The average Bonchev–Trinajstić information content (AvgIpc) is 2.81. The van der Waals surface area contributed by atoms with Crippen LogP contribution in [0.25, 0.3) is 0 Å². The van der Waals surface area contributed by atoms with Gasteiger partial charge in [0.25, 0.3) is 5.91 Å². The molecule has 0 spiro atoms. The number of carbonyl (C=O) groups excluding carboxylic acids is 1. The van der Waals surface area contributed by atoms with E-state index < -0.39 is 11.7 Å². The molecule has 2 rings (SSSR count). The zero-order valence-electron chi connectivity index (χ0n) is 9.52. The number of hydrogen-bond donors (Lipinski definition) is 1. The Morgan fingerprint density at radius 1 is 1.59 bits per heavy atom. The van der Waals surface area contributed by atoms with E-state index in [1.54, 1.807) is 7.05 Å². The number of phenols is 1. The molecule has 1 N–H and O–H groups in total. The van der Waals surface area contributed by atoms with E-state index in [4.69, 9.17) is 4.74 Å². The van der Waals surface area contributed by atoms with Gasteiger partial charge in [-0.3, -0.25) is 4.79 Å². The minimum atomic E-state index is -0.708. The van der Waals surface area contributed by atoms with E-state index in [-0.39, 0.29) is 17.4 Å². The molecule has 4 nitrogen and oxygen atoms in total. The summed E-state index contributed by atoms with van der Waals surface area (Å²) >= 11 is 0. The maximum atomic E-state index is 13.5. The van der Waals surface area contributed by atoms with Gasteiger partial charge in [-0.1, -0.05) is 6.07 Å². The summed E-state index contributed by atoms with van der Waals surface area (Å²) in [6, 6.07) is 3.77. The van der Waals surface area contributed by atoms with Gasteiger partial charge in [-0.15, -0.1) is 0 Å². The van der Waals surface area contributed by atoms with Crippen molar-refractivity contribution in [2.24, 2.45) is 0 Å². The molecule has 1 heterocycles. The second-order valence-corrected chi connectivity index (χ2v) is 4.07. The van der Waals surface area contributed by atoms with Gasteiger partial charge in [-0.05, 0) is 18.6 Å². The summed E-state index contributed by atoms with van der Waals surface area (Å²) in [7, 11) is 1.59. The Hall–Kier alpha value is -1.62. The minimum Gasteiger partial charge on any atom is -0.507 e. The molecule has 0 radical (unpaired) electrons. The number of rotatable bonds is 2. The molecule has 1 fully saturated rings. The summed E-state index contributed by atoms with van der Waals surface area (Å²) in [6.45, 7) is 1.06. The van der Waals surface area contributed by atoms with Crippen molar-refractivity contribution in [3.8, 4) is 5.75 Å². The molecule has 1 amide bonds. The number of amides is 1. The van der Waals surface area contributed by atoms with Gasteiger partial charge < -0.3 is 14.7 Å². The maximum absolute atomic E-state index is 13.5. The number of likely N-dealkylation sites (N-methyl/N-ethyl adjacent to an activating group) is 1. The third-order valence-corrected chi connectivity index (χ3v) is 2.98. The fraction of sp³-hybridized carbons (Fsp3) is 0.417. The summed E-state index contributed by atoms with van der Waals surface area (Å²) in [5, 5.41) is 9.53. The van der Waals surface area contributed by atoms with E-state index in [0.29, 0.717) is 13.2 Å². The van der Waals surface area contributed by atoms with Crippen LogP contribution >= 0.6 is 0 Å². The Bertz CT molecular complexity index is 410. The molecule has 1 atom stereocenters. The van der Waals surface area contributed by atoms with E-state index in [1.165, 1.54) is 17.0 Å². The summed E-state index contributed by atoms with van der Waals surface area (Å²) < 4.78 is 18.7. The number of benzene rings is 1. The van der Waals surface area contributed by atoms with Crippen LogP contribution in [-0.2, 0) is 4.74 Å². The van der Waals surface area contributed by atoms with Crippen LogP contribution in [0.5, 0.6) is 5.75 Å². The van der Waals surface area contributed by atoms with Crippen molar-refractivity contribution in [1.29, 1.82) is 0 Å². The van der Waals surface area contributed by atoms with Crippen LogP contribution in [0.4, 0.5) is 4.39 Å². The van der Waals surface area contributed by atoms with Crippen LogP contribution in [0.15, 0.2) is 18.2 Å². The molecule has 1 aromatic rings. The molecular formula is C12H14FNO3. The Labute approximate surface area is 98.6 Å². The first kappa shape index (κ1) is 11.9. The standard InChI is InChI=1S/C12H14FNO3/c1-14(8-5-6-17-7-8)12(16)11-9(13)3-2-4-10(11)15/h2-4,8,15H,5-7H2,1H3. The van der Waals surface area contributed by atoms with E-state index in [9.17, 15) is 14.3 Å². The van der Waals surface area contributed by atoms with Crippen LogP contribution in [0, 0.1) is 5.82 Å². The summed E-state index contributed by atoms with van der Waals surface area (Å²) in [5.74, 6) is -1.56. The monoisotopic (exact) mass is 239 g/mol. The predicted octanol–water partition coefficient (Wildman–Crippen LogP) is 1.39. The highest BCUT2D eigenvalue weighted by atomic mass is 19.1. The van der Waals surface area contributed by atoms with Gasteiger partial charge in [0.05, 0.1) is 12.6 Å². The van der Waals surface area contributed by atoms with Crippen LogP contribution in [0.1, 0.15) is 16.8 Å². The maximum Gasteiger partial charge on any atom is 0.260 e. The van der Waals surface area contributed by atoms with Crippen molar-refractivity contribution in [2.75, 3.05) is 20.3 Å². The Kier molecular flexibility index (Phi) is 3.28. The second kappa shape index (κ2) is 4.71. The van der Waals surface area contributed by atoms with Crippen LogP contribution in [0.3, 0.4) is 0 Å². The first-order chi connectivity index (χ1) is 8.11. The largest absolute Gasteiger partial charge is 0.507 e. The van der Waals surface area contributed by atoms with Gasteiger partial charge in [0.15, 0.2) is 0 Å². The highest BCUT2D eigenvalue weighted by molar-refractivity contribution is 5.97. The van der Waals surface area contributed by atoms with Crippen molar-refractivity contribution in [3.63, 3.8) is 0 Å². The topological polar surface area (TPSA) is 49.8 Å². The van der Waals surface area contributed by atoms with Crippen molar-refractivity contribution < 1.29 is 19.0 Å². The number of halogens is 1. The first-order valence-corrected chi connectivity index (χ1v) is 5.43. The quantitative estimate of drug-likeness (QED) is 0.848. The molecule has 5 heteroatoms. The number of nitrogens with zero attached hydrogens (tertiary/aromatic N) is 1. The second-order valence-electron chi connectivity index (χ2n) is 4.07. The van der Waals surface area contributed by atoms with E-state index in [0.717, 1.165) is 12.5 Å².